The van der Waals surface area contributed by atoms with Crippen molar-refractivity contribution in [3.63, 3.8) is 0 Å². The van der Waals surface area contributed by atoms with E-state index in [0.717, 1.165) is 34.1 Å². The number of carbonyl (C=O) groups is 1. The summed E-state index contributed by atoms with van der Waals surface area (Å²) in [4.78, 5) is 19.8. The molecule has 0 radical (unpaired) electrons. The van der Waals surface area contributed by atoms with Gasteiger partial charge in [0.15, 0.2) is 0 Å². The van der Waals surface area contributed by atoms with Crippen LogP contribution < -0.4 is 4.74 Å². The van der Waals surface area contributed by atoms with Crippen LogP contribution in [-0.4, -0.2) is 39.8 Å². The Bertz CT molecular complexity index is 1180. The van der Waals surface area contributed by atoms with Crippen molar-refractivity contribution in [1.82, 2.24) is 14.5 Å². The molecule has 0 atom stereocenters. The summed E-state index contributed by atoms with van der Waals surface area (Å²) >= 11 is 0. The van der Waals surface area contributed by atoms with Crippen molar-refractivity contribution in [1.29, 1.82) is 0 Å². The molecule has 1 aliphatic heterocycles. The lowest BCUT2D eigenvalue weighted by Gasteiger charge is -2.42. The summed E-state index contributed by atoms with van der Waals surface area (Å²) in [6.07, 6.45) is 0.290. The van der Waals surface area contributed by atoms with Crippen LogP contribution >= 0.6 is 0 Å². The van der Waals surface area contributed by atoms with Crippen molar-refractivity contribution >= 4 is 6.09 Å². The van der Waals surface area contributed by atoms with Gasteiger partial charge < -0.3 is 14.0 Å². The third-order valence-corrected chi connectivity index (χ3v) is 6.10. The number of halogens is 1. The number of hydrogen-bond donors (Lipinski definition) is 0. The highest BCUT2D eigenvalue weighted by molar-refractivity contribution is 5.70. The standard InChI is InChI=1S/C27H32FN3O3/c1-26(2,3)34-25(32)31-16-15-30-22(17-18-7-13-21(33-6)14-8-18)23(29-24(30)27(31,4)5)19-9-11-20(28)12-10-19/h7-14H,15-17H2,1-6H3. The largest absolute Gasteiger partial charge is 0.497 e. The minimum atomic E-state index is -0.687. The summed E-state index contributed by atoms with van der Waals surface area (Å²) in [6, 6.07) is 14.3. The fourth-order valence-electron chi connectivity index (χ4n) is 4.39. The van der Waals surface area contributed by atoms with E-state index in [0.29, 0.717) is 19.5 Å². The number of aromatic nitrogens is 2. The molecule has 0 saturated carbocycles. The minimum absolute atomic E-state index is 0.291. The third-order valence-electron chi connectivity index (χ3n) is 6.10. The van der Waals surface area contributed by atoms with Crippen molar-refractivity contribution in [2.45, 2.75) is 58.7 Å². The summed E-state index contributed by atoms with van der Waals surface area (Å²) in [6.45, 7) is 10.7. The molecule has 0 bridgehead atoms. The van der Waals surface area contributed by atoms with E-state index in [2.05, 4.69) is 4.57 Å². The molecule has 2 aromatic carbocycles. The van der Waals surface area contributed by atoms with Gasteiger partial charge in [0.25, 0.3) is 0 Å². The Labute approximate surface area is 200 Å². The topological polar surface area (TPSA) is 56.6 Å². The van der Waals surface area contributed by atoms with Crippen LogP contribution in [0.3, 0.4) is 0 Å². The Balaban J connectivity index is 1.78. The van der Waals surface area contributed by atoms with E-state index in [1.54, 1.807) is 24.1 Å². The van der Waals surface area contributed by atoms with Crippen molar-refractivity contribution in [2.75, 3.05) is 13.7 Å². The maximum Gasteiger partial charge on any atom is 0.411 e. The first-order chi connectivity index (χ1) is 16.0. The molecule has 1 aliphatic rings. The Morgan fingerprint density at radius 1 is 1.06 bits per heavy atom. The van der Waals surface area contributed by atoms with E-state index in [1.807, 2.05) is 58.9 Å². The van der Waals surface area contributed by atoms with Crippen molar-refractivity contribution in [2.24, 2.45) is 0 Å². The van der Waals surface area contributed by atoms with E-state index in [1.165, 1.54) is 12.1 Å². The molecule has 0 fully saturated rings. The number of nitrogens with zero attached hydrogens (tertiary/aromatic N) is 3. The molecule has 3 aromatic rings. The van der Waals surface area contributed by atoms with E-state index < -0.39 is 11.1 Å². The molecule has 2 heterocycles. The van der Waals surface area contributed by atoms with Crippen molar-refractivity contribution < 1.29 is 18.7 Å². The molecule has 1 aromatic heterocycles. The van der Waals surface area contributed by atoms with Gasteiger partial charge >= 0.3 is 6.09 Å². The van der Waals surface area contributed by atoms with Gasteiger partial charge in [-0.3, -0.25) is 4.90 Å². The second kappa shape index (κ2) is 8.78. The molecular formula is C27H32FN3O3. The molecule has 0 saturated heterocycles. The summed E-state index contributed by atoms with van der Waals surface area (Å²) in [5, 5.41) is 0. The Morgan fingerprint density at radius 2 is 1.71 bits per heavy atom. The Hall–Kier alpha value is -3.35. The van der Waals surface area contributed by atoms with Gasteiger partial charge in [-0.25, -0.2) is 14.2 Å². The van der Waals surface area contributed by atoms with Gasteiger partial charge in [-0.1, -0.05) is 12.1 Å². The zero-order valence-corrected chi connectivity index (χ0v) is 20.7. The number of hydrogen-bond acceptors (Lipinski definition) is 4. The zero-order chi connectivity index (χ0) is 24.7. The third kappa shape index (κ3) is 4.65. The van der Waals surface area contributed by atoms with E-state index in [4.69, 9.17) is 14.5 Å². The predicted molar refractivity (Wildman–Crippen MR) is 129 cm³/mol. The maximum atomic E-state index is 13.7. The lowest BCUT2D eigenvalue weighted by atomic mass is 9.99. The van der Waals surface area contributed by atoms with Crippen LogP contribution in [0.1, 0.15) is 51.7 Å². The van der Waals surface area contributed by atoms with Crippen LogP contribution in [0.2, 0.25) is 0 Å². The normalized spacial score (nSPS) is 15.1. The molecule has 0 aliphatic carbocycles. The zero-order valence-electron chi connectivity index (χ0n) is 20.7. The fourth-order valence-corrected chi connectivity index (χ4v) is 4.39. The first-order valence-electron chi connectivity index (χ1n) is 11.5. The molecule has 7 heteroatoms. The summed E-state index contributed by atoms with van der Waals surface area (Å²) in [7, 11) is 1.65. The van der Waals surface area contributed by atoms with Crippen molar-refractivity contribution in [3.05, 3.63) is 71.4 Å². The Kier molecular flexibility index (Phi) is 6.14. The van der Waals surface area contributed by atoms with Crippen LogP contribution in [0.15, 0.2) is 48.5 Å². The average Bonchev–Trinajstić information content (AvgIpc) is 3.13. The van der Waals surface area contributed by atoms with E-state index >= 15 is 0 Å². The van der Waals surface area contributed by atoms with E-state index in [9.17, 15) is 9.18 Å². The highest BCUT2D eigenvalue weighted by atomic mass is 19.1. The average molecular weight is 466 g/mol. The number of ether oxygens (including phenoxy) is 2. The molecule has 1 amide bonds. The van der Waals surface area contributed by atoms with Crippen LogP contribution in [0, 0.1) is 5.82 Å². The SMILES string of the molecule is COc1ccc(Cc2c(-c3ccc(F)cc3)nc3n2CCN(C(=O)OC(C)(C)C)C3(C)C)cc1. The molecule has 0 spiro atoms. The van der Waals surface area contributed by atoms with Crippen molar-refractivity contribution in [3.8, 4) is 17.0 Å². The molecule has 0 unspecified atom stereocenters. The van der Waals surface area contributed by atoms with E-state index in [-0.39, 0.29) is 11.9 Å². The minimum Gasteiger partial charge on any atom is -0.497 e. The number of imidazole rings is 1. The van der Waals surface area contributed by atoms with Crippen LogP contribution in [0.25, 0.3) is 11.3 Å². The quantitative estimate of drug-likeness (QED) is 0.491. The second-order valence-corrected chi connectivity index (χ2v) is 10.1. The van der Waals surface area contributed by atoms with Gasteiger partial charge in [0.05, 0.1) is 24.0 Å². The van der Waals surface area contributed by atoms with Crippen LogP contribution in [-0.2, 0) is 23.2 Å². The monoisotopic (exact) mass is 465 g/mol. The first kappa shape index (κ1) is 23.8. The van der Waals surface area contributed by atoms with Crippen LogP contribution in [0.4, 0.5) is 9.18 Å². The molecule has 0 N–H and O–H groups in total. The molecule has 34 heavy (non-hydrogen) atoms. The van der Waals surface area contributed by atoms with Gasteiger partial charge in [-0.05, 0) is 76.6 Å². The Morgan fingerprint density at radius 3 is 2.29 bits per heavy atom. The highest BCUT2D eigenvalue weighted by Gasteiger charge is 2.43. The highest BCUT2D eigenvalue weighted by Crippen LogP contribution is 2.37. The number of amides is 1. The number of carbonyl (C=O) groups excluding carboxylic acids is 1. The summed E-state index contributed by atoms with van der Waals surface area (Å²) in [5.74, 6) is 1.29. The molecule has 6 nitrogen and oxygen atoms in total. The van der Waals surface area contributed by atoms with Gasteiger partial charge in [-0.2, -0.15) is 0 Å². The van der Waals surface area contributed by atoms with Gasteiger partial charge in [0.2, 0.25) is 0 Å². The smallest absolute Gasteiger partial charge is 0.411 e. The number of rotatable bonds is 4. The lowest BCUT2D eigenvalue weighted by Crippen LogP contribution is -2.53. The second-order valence-electron chi connectivity index (χ2n) is 10.1. The van der Waals surface area contributed by atoms with Crippen LogP contribution in [0.5, 0.6) is 5.75 Å². The maximum absolute atomic E-state index is 13.7. The van der Waals surface area contributed by atoms with Gasteiger partial charge in [0.1, 0.15) is 23.0 Å². The molecule has 4 rings (SSSR count). The number of benzene rings is 2. The summed E-state index contributed by atoms with van der Waals surface area (Å²) < 4.78 is 26.8. The predicted octanol–water partition coefficient (Wildman–Crippen LogP) is 5.77. The van der Waals surface area contributed by atoms with Gasteiger partial charge in [-0.15, -0.1) is 0 Å². The van der Waals surface area contributed by atoms with Gasteiger partial charge in [0, 0.05) is 25.1 Å². The number of fused-ring (bicyclic) bond motifs is 1. The molecular weight excluding hydrogens is 433 g/mol. The fraction of sp³-hybridized carbons (Fsp3) is 0.407. The molecule has 180 valence electrons. The lowest BCUT2D eigenvalue weighted by molar-refractivity contribution is -0.00713. The first-order valence-corrected chi connectivity index (χ1v) is 11.5. The number of methoxy groups -OCH3 is 1. The summed E-state index contributed by atoms with van der Waals surface area (Å²) in [5.41, 5.74) is 2.51.